The van der Waals surface area contributed by atoms with E-state index in [1.54, 1.807) is 0 Å². The van der Waals surface area contributed by atoms with Crippen LogP contribution in [0, 0.1) is 6.92 Å². The molecule has 2 aromatic rings. The highest BCUT2D eigenvalue weighted by atomic mass is 16.3. The summed E-state index contributed by atoms with van der Waals surface area (Å²) in [5, 5.41) is 10.0. The van der Waals surface area contributed by atoms with E-state index in [2.05, 4.69) is 9.55 Å². The summed E-state index contributed by atoms with van der Waals surface area (Å²) in [4.78, 5) is 4.47. The Labute approximate surface area is 88.4 Å². The fraction of sp³-hybridized carbons (Fsp3) is 0.417. The molecule has 0 spiro atoms. The number of imidazole rings is 1. The molecule has 1 aromatic heterocycles. The van der Waals surface area contributed by atoms with Crippen LogP contribution in [-0.4, -0.2) is 14.7 Å². The van der Waals surface area contributed by atoms with E-state index in [1.165, 1.54) is 0 Å². The highest BCUT2D eigenvalue weighted by Crippen LogP contribution is 2.45. The molecule has 3 rings (SSSR count). The van der Waals surface area contributed by atoms with Crippen LogP contribution in [0.5, 0.6) is 0 Å². The normalized spacial score (nSPS) is 18.3. The van der Waals surface area contributed by atoms with Crippen molar-refractivity contribution < 1.29 is 5.11 Å². The van der Waals surface area contributed by atoms with Gasteiger partial charge >= 0.3 is 0 Å². The zero-order chi connectivity index (χ0) is 10.6. The second kappa shape index (κ2) is 2.61. The lowest BCUT2D eigenvalue weighted by atomic mass is 10.1. The minimum absolute atomic E-state index is 0.556. The van der Waals surface area contributed by atoms with Crippen molar-refractivity contribution in [3.8, 4) is 0 Å². The molecule has 0 saturated heterocycles. The van der Waals surface area contributed by atoms with E-state index in [-0.39, 0.29) is 0 Å². The van der Waals surface area contributed by atoms with Gasteiger partial charge < -0.3 is 9.67 Å². The Kier molecular flexibility index (Phi) is 1.55. The molecule has 15 heavy (non-hydrogen) atoms. The van der Waals surface area contributed by atoms with Crippen LogP contribution < -0.4 is 0 Å². The van der Waals surface area contributed by atoms with Crippen molar-refractivity contribution in [1.29, 1.82) is 0 Å². The summed E-state index contributed by atoms with van der Waals surface area (Å²) in [6.45, 7) is 1.99. The van der Waals surface area contributed by atoms with E-state index in [1.807, 2.05) is 32.2 Å². The van der Waals surface area contributed by atoms with Gasteiger partial charge in [-0.15, -0.1) is 0 Å². The highest BCUT2D eigenvalue weighted by Gasteiger charge is 2.42. The minimum atomic E-state index is -0.556. The Hall–Kier alpha value is -1.35. The lowest BCUT2D eigenvalue weighted by molar-refractivity contribution is 0.151. The first-order chi connectivity index (χ1) is 7.10. The molecular formula is C12H14N2O. The fourth-order valence-electron chi connectivity index (χ4n) is 2.02. The van der Waals surface area contributed by atoms with Gasteiger partial charge in [-0.1, -0.05) is 6.07 Å². The SMILES string of the molecule is Cc1nc2cc(C3(O)CC3)ccc2n1C. The Morgan fingerprint density at radius 3 is 2.80 bits per heavy atom. The number of benzene rings is 1. The molecule has 1 saturated carbocycles. The smallest absolute Gasteiger partial charge is 0.106 e. The first kappa shape index (κ1) is 8.92. The molecule has 0 amide bonds. The molecule has 0 aliphatic heterocycles. The number of aliphatic hydroxyl groups is 1. The van der Waals surface area contributed by atoms with Crippen LogP contribution in [-0.2, 0) is 12.6 Å². The van der Waals surface area contributed by atoms with E-state index in [4.69, 9.17) is 0 Å². The average Bonchev–Trinajstić information content (AvgIpc) is 2.90. The molecule has 78 valence electrons. The first-order valence-corrected chi connectivity index (χ1v) is 5.26. The summed E-state index contributed by atoms with van der Waals surface area (Å²) in [6.07, 6.45) is 1.76. The van der Waals surface area contributed by atoms with Gasteiger partial charge in [-0.05, 0) is 37.5 Å². The molecule has 1 N–H and O–H groups in total. The van der Waals surface area contributed by atoms with Gasteiger partial charge in [0.25, 0.3) is 0 Å². The van der Waals surface area contributed by atoms with Crippen LogP contribution in [0.4, 0.5) is 0 Å². The zero-order valence-electron chi connectivity index (χ0n) is 8.99. The van der Waals surface area contributed by atoms with Crippen molar-refractivity contribution in [2.75, 3.05) is 0 Å². The van der Waals surface area contributed by atoms with Crippen molar-refractivity contribution in [1.82, 2.24) is 9.55 Å². The molecule has 1 aliphatic carbocycles. The van der Waals surface area contributed by atoms with Crippen molar-refractivity contribution in [2.24, 2.45) is 7.05 Å². The molecular weight excluding hydrogens is 188 g/mol. The number of rotatable bonds is 1. The number of nitrogens with zero attached hydrogens (tertiary/aromatic N) is 2. The molecule has 0 bridgehead atoms. The highest BCUT2D eigenvalue weighted by molar-refractivity contribution is 5.77. The molecule has 3 nitrogen and oxygen atoms in total. The van der Waals surface area contributed by atoms with Gasteiger partial charge in [-0.3, -0.25) is 0 Å². The second-order valence-corrected chi connectivity index (χ2v) is 4.45. The Morgan fingerprint density at radius 1 is 1.40 bits per heavy atom. The number of aromatic nitrogens is 2. The van der Waals surface area contributed by atoms with Crippen LogP contribution in [0.2, 0.25) is 0 Å². The van der Waals surface area contributed by atoms with Crippen LogP contribution in [0.1, 0.15) is 24.2 Å². The Bertz CT molecular complexity index is 538. The molecule has 0 radical (unpaired) electrons. The maximum Gasteiger partial charge on any atom is 0.106 e. The molecule has 1 aliphatic rings. The zero-order valence-corrected chi connectivity index (χ0v) is 8.99. The van der Waals surface area contributed by atoms with Gasteiger partial charge in [0.2, 0.25) is 0 Å². The number of fused-ring (bicyclic) bond motifs is 1. The minimum Gasteiger partial charge on any atom is -0.385 e. The molecule has 0 unspecified atom stereocenters. The largest absolute Gasteiger partial charge is 0.385 e. The van der Waals surface area contributed by atoms with Crippen molar-refractivity contribution in [3.63, 3.8) is 0 Å². The summed E-state index contributed by atoms with van der Waals surface area (Å²) < 4.78 is 2.07. The number of hydrogen-bond acceptors (Lipinski definition) is 2. The molecule has 0 atom stereocenters. The maximum atomic E-state index is 10.0. The van der Waals surface area contributed by atoms with Gasteiger partial charge in [-0.2, -0.15) is 0 Å². The van der Waals surface area contributed by atoms with E-state index in [9.17, 15) is 5.11 Å². The molecule has 1 fully saturated rings. The lowest BCUT2D eigenvalue weighted by Crippen LogP contribution is -2.03. The number of aryl methyl sites for hydroxylation is 2. The average molecular weight is 202 g/mol. The summed E-state index contributed by atoms with van der Waals surface area (Å²) in [6, 6.07) is 6.06. The maximum absolute atomic E-state index is 10.0. The van der Waals surface area contributed by atoms with Crippen molar-refractivity contribution in [2.45, 2.75) is 25.4 Å². The van der Waals surface area contributed by atoms with Crippen LogP contribution in [0.15, 0.2) is 18.2 Å². The summed E-state index contributed by atoms with van der Waals surface area (Å²) >= 11 is 0. The quantitative estimate of drug-likeness (QED) is 0.766. The van der Waals surface area contributed by atoms with E-state index >= 15 is 0 Å². The first-order valence-electron chi connectivity index (χ1n) is 5.26. The molecule has 1 aromatic carbocycles. The Balaban J connectivity index is 2.22. The van der Waals surface area contributed by atoms with Gasteiger partial charge in [0, 0.05) is 7.05 Å². The summed E-state index contributed by atoms with van der Waals surface area (Å²) in [5.41, 5.74) is 2.56. The van der Waals surface area contributed by atoms with Gasteiger partial charge in [0.15, 0.2) is 0 Å². The monoisotopic (exact) mass is 202 g/mol. The Morgan fingerprint density at radius 2 is 2.13 bits per heavy atom. The predicted molar refractivity (Wildman–Crippen MR) is 58.6 cm³/mol. The van der Waals surface area contributed by atoms with Gasteiger partial charge in [-0.25, -0.2) is 4.98 Å². The third-order valence-corrected chi connectivity index (χ3v) is 3.37. The third kappa shape index (κ3) is 1.20. The molecule has 1 heterocycles. The third-order valence-electron chi connectivity index (χ3n) is 3.37. The van der Waals surface area contributed by atoms with Crippen molar-refractivity contribution >= 4 is 11.0 Å². The van der Waals surface area contributed by atoms with E-state index < -0.39 is 5.60 Å². The summed E-state index contributed by atoms with van der Waals surface area (Å²) in [7, 11) is 2.01. The van der Waals surface area contributed by atoms with Gasteiger partial charge in [0.1, 0.15) is 5.82 Å². The van der Waals surface area contributed by atoms with Gasteiger partial charge in [0.05, 0.1) is 16.6 Å². The topological polar surface area (TPSA) is 38.1 Å². The predicted octanol–water partition coefficient (Wildman–Crippen LogP) is 1.86. The van der Waals surface area contributed by atoms with Crippen LogP contribution >= 0.6 is 0 Å². The lowest BCUT2D eigenvalue weighted by Gasteiger charge is -2.07. The van der Waals surface area contributed by atoms with Crippen LogP contribution in [0.3, 0.4) is 0 Å². The second-order valence-electron chi connectivity index (χ2n) is 4.45. The standard InChI is InChI=1S/C12H14N2O/c1-8-13-10-7-9(12(15)5-6-12)3-4-11(10)14(8)2/h3-4,7,15H,5-6H2,1-2H3. The fourth-order valence-corrected chi connectivity index (χ4v) is 2.02. The van der Waals surface area contributed by atoms with Crippen LogP contribution in [0.25, 0.3) is 11.0 Å². The number of hydrogen-bond donors (Lipinski definition) is 1. The van der Waals surface area contributed by atoms with E-state index in [0.29, 0.717) is 0 Å². The summed E-state index contributed by atoms with van der Waals surface area (Å²) in [5.74, 6) is 1.00. The van der Waals surface area contributed by atoms with Crippen molar-refractivity contribution in [3.05, 3.63) is 29.6 Å². The van der Waals surface area contributed by atoms with E-state index in [0.717, 1.165) is 35.3 Å². The molecule has 3 heteroatoms.